The quantitative estimate of drug-likeness (QED) is 0.697. The molecular formula is C9H11BrN2O. The van der Waals surface area contributed by atoms with Gasteiger partial charge in [-0.3, -0.25) is 0 Å². The molecule has 0 amide bonds. The van der Waals surface area contributed by atoms with Gasteiger partial charge in [0, 0.05) is 17.7 Å². The lowest BCUT2D eigenvalue weighted by atomic mass is 10.2. The summed E-state index contributed by atoms with van der Waals surface area (Å²) in [4.78, 5) is 6.36. The highest BCUT2D eigenvalue weighted by atomic mass is 79.9. The molecule has 3 nitrogen and oxygen atoms in total. The standard InChI is InChI=1S/C9H11BrN2O/c1-6-5-12(2)8-3-7(10)4-11-9(8)13-6/h3-4,6H,5H2,1-2H3/t6-/m1/s1. The number of pyridine rings is 1. The van der Waals surface area contributed by atoms with E-state index in [-0.39, 0.29) is 6.10 Å². The summed E-state index contributed by atoms with van der Waals surface area (Å²) >= 11 is 3.39. The summed E-state index contributed by atoms with van der Waals surface area (Å²) in [6, 6.07) is 2.02. The number of nitrogens with zero attached hydrogens (tertiary/aromatic N) is 2. The van der Waals surface area contributed by atoms with Gasteiger partial charge in [-0.25, -0.2) is 4.98 Å². The number of hydrogen-bond acceptors (Lipinski definition) is 3. The van der Waals surface area contributed by atoms with Gasteiger partial charge in [0.2, 0.25) is 5.88 Å². The molecule has 0 saturated carbocycles. The fourth-order valence-corrected chi connectivity index (χ4v) is 1.81. The average Bonchev–Trinajstić information content (AvgIpc) is 2.06. The van der Waals surface area contributed by atoms with Crippen molar-refractivity contribution in [3.05, 3.63) is 16.7 Å². The monoisotopic (exact) mass is 242 g/mol. The molecule has 0 spiro atoms. The summed E-state index contributed by atoms with van der Waals surface area (Å²) in [5.74, 6) is 0.726. The lowest BCUT2D eigenvalue weighted by Gasteiger charge is -2.31. The highest BCUT2D eigenvalue weighted by molar-refractivity contribution is 9.10. The zero-order valence-corrected chi connectivity index (χ0v) is 9.21. The van der Waals surface area contributed by atoms with Crippen molar-refractivity contribution in [2.24, 2.45) is 0 Å². The summed E-state index contributed by atoms with van der Waals surface area (Å²) in [5.41, 5.74) is 1.05. The van der Waals surface area contributed by atoms with Crippen LogP contribution in [0, 0.1) is 0 Å². The number of anilines is 1. The molecule has 2 heterocycles. The van der Waals surface area contributed by atoms with Crippen LogP contribution in [0.3, 0.4) is 0 Å². The summed E-state index contributed by atoms with van der Waals surface area (Å²) in [6.45, 7) is 2.95. The Hall–Kier alpha value is -0.770. The maximum absolute atomic E-state index is 5.58. The minimum absolute atomic E-state index is 0.214. The first-order chi connectivity index (χ1) is 6.16. The van der Waals surface area contributed by atoms with Crippen LogP contribution in [0.4, 0.5) is 5.69 Å². The molecule has 1 atom stereocenters. The van der Waals surface area contributed by atoms with Crippen molar-refractivity contribution in [3.8, 4) is 5.88 Å². The van der Waals surface area contributed by atoms with Crippen molar-refractivity contribution in [3.63, 3.8) is 0 Å². The molecule has 1 aromatic heterocycles. The first-order valence-electron chi connectivity index (χ1n) is 4.20. The Morgan fingerprint density at radius 3 is 3.23 bits per heavy atom. The molecular weight excluding hydrogens is 232 g/mol. The maximum Gasteiger partial charge on any atom is 0.237 e. The molecule has 70 valence electrons. The third-order valence-electron chi connectivity index (χ3n) is 2.05. The Morgan fingerprint density at radius 1 is 1.69 bits per heavy atom. The zero-order chi connectivity index (χ0) is 9.42. The van der Waals surface area contributed by atoms with E-state index < -0.39 is 0 Å². The topological polar surface area (TPSA) is 25.4 Å². The molecule has 0 aliphatic carbocycles. The van der Waals surface area contributed by atoms with Gasteiger partial charge in [-0.15, -0.1) is 0 Å². The van der Waals surface area contributed by atoms with Gasteiger partial charge in [0.25, 0.3) is 0 Å². The Kier molecular flexibility index (Phi) is 2.15. The van der Waals surface area contributed by atoms with E-state index >= 15 is 0 Å². The van der Waals surface area contributed by atoms with Crippen LogP contribution in [0.1, 0.15) is 6.92 Å². The molecule has 0 unspecified atom stereocenters. The minimum Gasteiger partial charge on any atom is -0.471 e. The number of halogens is 1. The van der Waals surface area contributed by atoms with Crippen LogP contribution in [-0.4, -0.2) is 24.7 Å². The largest absolute Gasteiger partial charge is 0.471 e. The second kappa shape index (κ2) is 3.18. The molecule has 0 radical (unpaired) electrons. The number of ether oxygens (including phenoxy) is 1. The number of likely N-dealkylation sites (N-methyl/N-ethyl adjacent to an activating group) is 1. The Balaban J connectivity index is 2.43. The SMILES string of the molecule is C[C@@H]1CN(C)c2cc(Br)cnc2O1. The molecule has 4 heteroatoms. The summed E-state index contributed by atoms with van der Waals surface area (Å²) in [7, 11) is 2.05. The van der Waals surface area contributed by atoms with Crippen LogP contribution in [0.25, 0.3) is 0 Å². The number of rotatable bonds is 0. The molecule has 0 saturated heterocycles. The minimum atomic E-state index is 0.214. The summed E-state index contributed by atoms with van der Waals surface area (Å²) in [5, 5.41) is 0. The molecule has 0 bridgehead atoms. The van der Waals surface area contributed by atoms with Crippen molar-refractivity contribution >= 4 is 21.6 Å². The first-order valence-corrected chi connectivity index (χ1v) is 4.99. The third kappa shape index (κ3) is 1.63. The van der Waals surface area contributed by atoms with E-state index in [4.69, 9.17) is 4.74 Å². The maximum atomic E-state index is 5.58. The normalized spacial score (nSPS) is 20.8. The molecule has 0 fully saturated rings. The highest BCUT2D eigenvalue weighted by Gasteiger charge is 2.21. The van der Waals surface area contributed by atoms with Crippen LogP contribution in [0.5, 0.6) is 5.88 Å². The summed E-state index contributed by atoms with van der Waals surface area (Å²) in [6.07, 6.45) is 1.97. The van der Waals surface area contributed by atoms with Gasteiger partial charge >= 0.3 is 0 Å². The van der Waals surface area contributed by atoms with Gasteiger partial charge in [0.15, 0.2) is 0 Å². The van der Waals surface area contributed by atoms with E-state index in [1.54, 1.807) is 6.20 Å². The lowest BCUT2D eigenvalue weighted by Crippen LogP contribution is -2.35. The van der Waals surface area contributed by atoms with Crippen molar-refractivity contribution in [1.29, 1.82) is 0 Å². The molecule has 1 aromatic rings. The Morgan fingerprint density at radius 2 is 2.46 bits per heavy atom. The van der Waals surface area contributed by atoms with Gasteiger partial charge in [0.1, 0.15) is 11.8 Å². The lowest BCUT2D eigenvalue weighted by molar-refractivity contribution is 0.206. The predicted molar refractivity (Wildman–Crippen MR) is 55.3 cm³/mol. The summed E-state index contributed by atoms with van der Waals surface area (Å²) < 4.78 is 6.57. The van der Waals surface area contributed by atoms with Gasteiger partial charge in [-0.05, 0) is 28.9 Å². The van der Waals surface area contributed by atoms with Gasteiger partial charge in [0.05, 0.1) is 6.54 Å². The average molecular weight is 243 g/mol. The van der Waals surface area contributed by atoms with E-state index in [0.717, 1.165) is 22.6 Å². The zero-order valence-electron chi connectivity index (χ0n) is 7.62. The fraction of sp³-hybridized carbons (Fsp3) is 0.444. The van der Waals surface area contributed by atoms with Crippen molar-refractivity contribution in [2.45, 2.75) is 13.0 Å². The van der Waals surface area contributed by atoms with Crippen LogP contribution < -0.4 is 9.64 Å². The molecule has 0 aromatic carbocycles. The highest BCUT2D eigenvalue weighted by Crippen LogP contribution is 2.32. The molecule has 1 aliphatic heterocycles. The van der Waals surface area contributed by atoms with Gasteiger partial charge < -0.3 is 9.64 Å². The molecule has 1 aliphatic rings. The van der Waals surface area contributed by atoms with E-state index in [9.17, 15) is 0 Å². The van der Waals surface area contributed by atoms with Crippen molar-refractivity contribution in [2.75, 3.05) is 18.5 Å². The Labute approximate surface area is 85.8 Å². The molecule has 0 N–H and O–H groups in total. The van der Waals surface area contributed by atoms with Crippen molar-refractivity contribution < 1.29 is 4.74 Å². The van der Waals surface area contributed by atoms with E-state index in [2.05, 4.69) is 25.8 Å². The molecule has 13 heavy (non-hydrogen) atoms. The number of aromatic nitrogens is 1. The van der Waals surface area contributed by atoms with Crippen LogP contribution in [-0.2, 0) is 0 Å². The van der Waals surface area contributed by atoms with Crippen LogP contribution >= 0.6 is 15.9 Å². The van der Waals surface area contributed by atoms with E-state index in [0.29, 0.717) is 0 Å². The second-order valence-corrected chi connectivity index (χ2v) is 4.20. The second-order valence-electron chi connectivity index (χ2n) is 3.29. The smallest absolute Gasteiger partial charge is 0.237 e. The van der Waals surface area contributed by atoms with E-state index in [1.807, 2.05) is 20.0 Å². The fourth-order valence-electron chi connectivity index (χ4n) is 1.49. The third-order valence-corrected chi connectivity index (χ3v) is 2.49. The number of hydrogen-bond donors (Lipinski definition) is 0. The van der Waals surface area contributed by atoms with Crippen LogP contribution in [0.2, 0.25) is 0 Å². The van der Waals surface area contributed by atoms with Crippen molar-refractivity contribution in [1.82, 2.24) is 4.98 Å². The molecule has 2 rings (SSSR count). The number of fused-ring (bicyclic) bond motifs is 1. The van der Waals surface area contributed by atoms with E-state index in [1.165, 1.54) is 0 Å². The predicted octanol–water partition coefficient (Wildman–Crippen LogP) is 2.06. The van der Waals surface area contributed by atoms with Gasteiger partial charge in [-0.2, -0.15) is 0 Å². The van der Waals surface area contributed by atoms with Crippen LogP contribution in [0.15, 0.2) is 16.7 Å². The van der Waals surface area contributed by atoms with Gasteiger partial charge in [-0.1, -0.05) is 0 Å². The Bertz CT molecular complexity index is 329. The first kappa shape index (κ1) is 8.81.